The van der Waals surface area contributed by atoms with E-state index in [1.807, 2.05) is 31.2 Å². The van der Waals surface area contributed by atoms with Crippen LogP contribution in [0.1, 0.15) is 56.0 Å². The van der Waals surface area contributed by atoms with Gasteiger partial charge in [0.15, 0.2) is 14.1 Å². The van der Waals surface area contributed by atoms with Crippen LogP contribution in [0.2, 0.25) is 18.1 Å². The molecule has 0 saturated carbocycles. The molecule has 0 aliphatic carbocycles. The predicted octanol–water partition coefficient (Wildman–Crippen LogP) is 4.24. The molecule has 2 rings (SSSR count). The molecule has 0 aromatic heterocycles. The Morgan fingerprint density at radius 2 is 1.84 bits per heavy atom. The van der Waals surface area contributed by atoms with Crippen LogP contribution >= 0.6 is 0 Å². The Hall–Kier alpha value is -1.46. The van der Waals surface area contributed by atoms with Crippen LogP contribution in [0.5, 0.6) is 0 Å². The third kappa shape index (κ3) is 5.01. The van der Waals surface area contributed by atoms with Crippen LogP contribution < -0.4 is 5.32 Å². The van der Waals surface area contributed by atoms with Gasteiger partial charge in [0.25, 0.3) is 0 Å². The van der Waals surface area contributed by atoms with Crippen LogP contribution in [0.15, 0.2) is 24.3 Å². The molecule has 1 aromatic carbocycles. The average molecular weight is 362 g/mol. The zero-order valence-corrected chi connectivity index (χ0v) is 17.3. The molecule has 0 radical (unpaired) electrons. The number of Topliss-reactive ketones (excluding diaryl/α,β-unsaturated/α-hetero) is 1. The number of hydrogen-bond donors (Lipinski definition) is 1. The number of carbonyl (C=O) groups is 2. The standard InChI is InChI=1S/C20H31NO3Si/c1-14-7-9-15(10-8-14)17(22)13-16-18(11-12-19(23)21-16)24-25(5,6)20(2,3)4/h7-10,16,18H,11-13H2,1-6H3,(H,21,23)/t16-,18+/m0/s1. The van der Waals surface area contributed by atoms with Crippen molar-refractivity contribution in [3.8, 4) is 0 Å². The molecule has 1 heterocycles. The van der Waals surface area contributed by atoms with E-state index in [0.717, 1.165) is 5.56 Å². The van der Waals surface area contributed by atoms with Gasteiger partial charge in [-0.15, -0.1) is 0 Å². The Bertz CT molecular complexity index is 631. The van der Waals surface area contributed by atoms with E-state index in [1.54, 1.807) is 0 Å². The van der Waals surface area contributed by atoms with E-state index in [9.17, 15) is 9.59 Å². The van der Waals surface area contributed by atoms with Crippen molar-refractivity contribution in [3.05, 3.63) is 35.4 Å². The molecule has 1 N–H and O–H groups in total. The van der Waals surface area contributed by atoms with Crippen LogP contribution in [-0.4, -0.2) is 32.2 Å². The maximum Gasteiger partial charge on any atom is 0.220 e. The number of aryl methyl sites for hydroxylation is 1. The molecule has 2 atom stereocenters. The van der Waals surface area contributed by atoms with Crippen LogP contribution in [0, 0.1) is 6.92 Å². The van der Waals surface area contributed by atoms with E-state index in [2.05, 4.69) is 39.2 Å². The minimum Gasteiger partial charge on any atom is -0.412 e. The lowest BCUT2D eigenvalue weighted by Crippen LogP contribution is -2.55. The monoisotopic (exact) mass is 361 g/mol. The third-order valence-electron chi connectivity index (χ3n) is 5.48. The summed E-state index contributed by atoms with van der Waals surface area (Å²) in [5, 5.41) is 3.09. The quantitative estimate of drug-likeness (QED) is 0.630. The van der Waals surface area contributed by atoms with Crippen molar-refractivity contribution in [3.63, 3.8) is 0 Å². The lowest BCUT2D eigenvalue weighted by molar-refractivity contribution is -0.125. The van der Waals surface area contributed by atoms with Gasteiger partial charge >= 0.3 is 0 Å². The van der Waals surface area contributed by atoms with Gasteiger partial charge in [0.1, 0.15) is 0 Å². The fourth-order valence-corrected chi connectivity index (χ4v) is 4.17. The number of rotatable bonds is 5. The number of nitrogens with one attached hydrogen (secondary N) is 1. The predicted molar refractivity (Wildman–Crippen MR) is 103 cm³/mol. The maximum absolute atomic E-state index is 12.6. The molecular formula is C20H31NO3Si. The lowest BCUT2D eigenvalue weighted by Gasteiger charge is -2.43. The van der Waals surface area contributed by atoms with Gasteiger partial charge in [0.2, 0.25) is 5.91 Å². The van der Waals surface area contributed by atoms with Gasteiger partial charge in [-0.25, -0.2) is 0 Å². The highest BCUT2D eigenvalue weighted by Crippen LogP contribution is 2.38. The number of carbonyl (C=O) groups excluding carboxylic acids is 2. The van der Waals surface area contributed by atoms with E-state index in [0.29, 0.717) is 18.4 Å². The van der Waals surface area contributed by atoms with E-state index in [4.69, 9.17) is 4.43 Å². The zero-order chi connectivity index (χ0) is 18.8. The first kappa shape index (κ1) is 19.9. The first-order valence-corrected chi connectivity index (χ1v) is 12.0. The highest BCUT2D eigenvalue weighted by atomic mass is 28.4. The van der Waals surface area contributed by atoms with Crippen molar-refractivity contribution in [1.82, 2.24) is 5.32 Å². The van der Waals surface area contributed by atoms with Crippen LogP contribution in [0.4, 0.5) is 0 Å². The molecular weight excluding hydrogens is 330 g/mol. The fraction of sp³-hybridized carbons (Fsp3) is 0.600. The van der Waals surface area contributed by atoms with Gasteiger partial charge in [-0.2, -0.15) is 0 Å². The van der Waals surface area contributed by atoms with Gasteiger partial charge in [0, 0.05) is 18.4 Å². The molecule has 1 amide bonds. The summed E-state index contributed by atoms with van der Waals surface area (Å²) in [7, 11) is -1.96. The van der Waals surface area contributed by atoms with Gasteiger partial charge < -0.3 is 9.74 Å². The highest BCUT2D eigenvalue weighted by molar-refractivity contribution is 6.74. The zero-order valence-electron chi connectivity index (χ0n) is 16.3. The molecule has 1 aliphatic heterocycles. The molecule has 0 bridgehead atoms. The topological polar surface area (TPSA) is 55.4 Å². The van der Waals surface area contributed by atoms with Crippen molar-refractivity contribution < 1.29 is 14.0 Å². The molecule has 138 valence electrons. The largest absolute Gasteiger partial charge is 0.412 e. The summed E-state index contributed by atoms with van der Waals surface area (Å²) in [5.74, 6) is 0.0628. The number of hydrogen-bond acceptors (Lipinski definition) is 3. The molecule has 4 nitrogen and oxygen atoms in total. The van der Waals surface area contributed by atoms with Gasteiger partial charge in [-0.1, -0.05) is 50.6 Å². The Morgan fingerprint density at radius 1 is 1.24 bits per heavy atom. The van der Waals surface area contributed by atoms with Crippen LogP contribution in [0.3, 0.4) is 0 Å². The van der Waals surface area contributed by atoms with Gasteiger partial charge in [0.05, 0.1) is 12.1 Å². The Kier molecular flexibility index (Phi) is 5.89. The second-order valence-electron chi connectivity index (χ2n) is 8.62. The lowest BCUT2D eigenvalue weighted by atomic mass is 9.94. The van der Waals surface area contributed by atoms with E-state index >= 15 is 0 Å². The van der Waals surface area contributed by atoms with Gasteiger partial charge in [-0.3, -0.25) is 9.59 Å². The van der Waals surface area contributed by atoms with Crippen LogP contribution in [0.25, 0.3) is 0 Å². The molecule has 1 fully saturated rings. The number of ketones is 1. The number of piperidine rings is 1. The normalized spacial score (nSPS) is 21.8. The molecule has 1 aromatic rings. The summed E-state index contributed by atoms with van der Waals surface area (Å²) < 4.78 is 6.53. The fourth-order valence-electron chi connectivity index (χ4n) is 2.78. The molecule has 25 heavy (non-hydrogen) atoms. The molecule has 0 unspecified atom stereocenters. The van der Waals surface area contributed by atoms with Crippen molar-refractivity contribution in [2.45, 2.75) is 77.2 Å². The van der Waals surface area contributed by atoms with Crippen molar-refractivity contribution >= 4 is 20.0 Å². The van der Waals surface area contributed by atoms with E-state index < -0.39 is 8.32 Å². The molecule has 1 saturated heterocycles. The highest BCUT2D eigenvalue weighted by Gasteiger charge is 2.42. The minimum absolute atomic E-state index is 0.0109. The number of benzene rings is 1. The maximum atomic E-state index is 12.6. The summed E-state index contributed by atoms with van der Waals surface area (Å²) in [4.78, 5) is 24.5. The first-order valence-electron chi connectivity index (χ1n) is 9.07. The molecule has 5 heteroatoms. The summed E-state index contributed by atoms with van der Waals surface area (Å²) in [6.07, 6.45) is 1.35. The minimum atomic E-state index is -1.96. The summed E-state index contributed by atoms with van der Waals surface area (Å²) in [5.41, 5.74) is 1.82. The van der Waals surface area contributed by atoms with Crippen molar-refractivity contribution in [1.29, 1.82) is 0 Å². The van der Waals surface area contributed by atoms with Crippen molar-refractivity contribution in [2.75, 3.05) is 0 Å². The van der Waals surface area contributed by atoms with Crippen molar-refractivity contribution in [2.24, 2.45) is 0 Å². The van der Waals surface area contributed by atoms with Gasteiger partial charge in [-0.05, 0) is 31.5 Å². The Labute approximate surface area is 152 Å². The Morgan fingerprint density at radius 3 is 2.40 bits per heavy atom. The molecule has 0 spiro atoms. The first-order chi connectivity index (χ1) is 11.5. The van der Waals surface area contributed by atoms with E-state index in [1.165, 1.54) is 0 Å². The third-order valence-corrected chi connectivity index (χ3v) is 9.99. The SMILES string of the molecule is Cc1ccc(C(=O)C[C@@H]2NC(=O)CC[C@H]2O[Si](C)(C)C(C)(C)C)cc1. The summed E-state index contributed by atoms with van der Waals surface area (Å²) >= 11 is 0. The van der Waals surface area contributed by atoms with Crippen LogP contribution in [-0.2, 0) is 9.22 Å². The number of amides is 1. The summed E-state index contributed by atoms with van der Waals surface area (Å²) in [6, 6.07) is 7.34. The second kappa shape index (κ2) is 7.42. The smallest absolute Gasteiger partial charge is 0.220 e. The summed E-state index contributed by atoms with van der Waals surface area (Å²) in [6.45, 7) is 13.0. The average Bonchev–Trinajstić information content (AvgIpc) is 2.49. The Balaban J connectivity index is 2.12. The molecule has 1 aliphatic rings. The van der Waals surface area contributed by atoms with E-state index in [-0.39, 0.29) is 35.3 Å². The second-order valence-corrected chi connectivity index (χ2v) is 13.4.